The van der Waals surface area contributed by atoms with Crippen LogP contribution in [0.5, 0.6) is 0 Å². The zero-order valence-corrected chi connectivity index (χ0v) is 17.2. The van der Waals surface area contributed by atoms with Gasteiger partial charge in [0.1, 0.15) is 23.3 Å². The van der Waals surface area contributed by atoms with E-state index in [4.69, 9.17) is 11.6 Å². The minimum atomic E-state index is -0.475. The van der Waals surface area contributed by atoms with Crippen molar-refractivity contribution in [2.45, 2.75) is 44.7 Å². The van der Waals surface area contributed by atoms with Crippen LogP contribution >= 0.6 is 11.6 Å². The van der Waals surface area contributed by atoms with Gasteiger partial charge in [0, 0.05) is 36.1 Å². The Morgan fingerprint density at radius 3 is 2.63 bits per heavy atom. The highest BCUT2D eigenvalue weighted by Crippen LogP contribution is 2.31. The molecule has 7 heteroatoms. The topological polar surface area (TPSA) is 49.8 Å². The molecular weight excluding hydrogens is 406 g/mol. The molecule has 0 amide bonds. The lowest BCUT2D eigenvalue weighted by Gasteiger charge is -2.23. The van der Waals surface area contributed by atoms with Crippen LogP contribution in [0.4, 0.5) is 20.4 Å². The van der Waals surface area contributed by atoms with Gasteiger partial charge in [-0.15, -0.1) is 0 Å². The fourth-order valence-electron chi connectivity index (χ4n) is 3.75. The number of halogens is 3. The number of nitrogens with zero attached hydrogens (tertiary/aromatic N) is 2. The molecule has 1 aliphatic rings. The Kier molecular flexibility index (Phi) is 6.43. The molecule has 156 valence electrons. The van der Waals surface area contributed by atoms with Crippen molar-refractivity contribution >= 4 is 23.2 Å². The number of benzene rings is 1. The number of hydrogen-bond acceptors (Lipinski definition) is 4. The van der Waals surface area contributed by atoms with Crippen molar-refractivity contribution in [2.75, 3.05) is 10.6 Å². The van der Waals surface area contributed by atoms with E-state index in [1.807, 2.05) is 18.2 Å². The number of rotatable bonds is 6. The second-order valence-electron chi connectivity index (χ2n) is 7.55. The maximum Gasteiger partial charge on any atom is 0.128 e. The fourth-order valence-corrected chi connectivity index (χ4v) is 3.97. The SMILES string of the molecule is Fc1ccc(F)c(CNc2cc(-c3cc(NC4CCCCC4)ncc3Cl)ccn2)c1. The van der Waals surface area contributed by atoms with E-state index < -0.39 is 11.6 Å². The standard InChI is InChI=1S/C23H23ClF2N4/c24-20-14-29-23(30-18-4-2-1-3-5-18)12-19(20)15-8-9-27-22(11-15)28-13-16-10-17(25)6-7-21(16)26/h6-12,14,18H,1-5,13H2,(H,27,28)(H,29,30). The van der Waals surface area contributed by atoms with Crippen LogP contribution in [0.3, 0.4) is 0 Å². The van der Waals surface area contributed by atoms with Gasteiger partial charge in [0.25, 0.3) is 0 Å². The van der Waals surface area contributed by atoms with Crippen molar-refractivity contribution < 1.29 is 8.78 Å². The van der Waals surface area contributed by atoms with Crippen LogP contribution in [-0.4, -0.2) is 16.0 Å². The number of nitrogens with one attached hydrogen (secondary N) is 2. The normalized spacial score (nSPS) is 14.5. The minimum absolute atomic E-state index is 0.124. The second kappa shape index (κ2) is 9.39. The van der Waals surface area contributed by atoms with Gasteiger partial charge in [0.05, 0.1) is 5.02 Å². The van der Waals surface area contributed by atoms with Crippen molar-refractivity contribution in [3.63, 3.8) is 0 Å². The molecular formula is C23H23ClF2N4. The number of aromatic nitrogens is 2. The Balaban J connectivity index is 1.51. The Morgan fingerprint density at radius 2 is 1.80 bits per heavy atom. The lowest BCUT2D eigenvalue weighted by atomic mass is 9.95. The van der Waals surface area contributed by atoms with Crippen LogP contribution in [0.25, 0.3) is 11.1 Å². The van der Waals surface area contributed by atoms with Crippen molar-refractivity contribution in [2.24, 2.45) is 0 Å². The highest BCUT2D eigenvalue weighted by molar-refractivity contribution is 6.33. The van der Waals surface area contributed by atoms with Gasteiger partial charge in [-0.3, -0.25) is 0 Å². The summed E-state index contributed by atoms with van der Waals surface area (Å²) in [7, 11) is 0. The van der Waals surface area contributed by atoms with Gasteiger partial charge in [-0.1, -0.05) is 30.9 Å². The summed E-state index contributed by atoms with van der Waals surface area (Å²) in [6.07, 6.45) is 9.39. The van der Waals surface area contributed by atoms with E-state index in [9.17, 15) is 8.78 Å². The third kappa shape index (κ3) is 5.05. The van der Waals surface area contributed by atoms with Crippen molar-refractivity contribution in [1.82, 2.24) is 9.97 Å². The van der Waals surface area contributed by atoms with Crippen LogP contribution < -0.4 is 10.6 Å². The first kappa shape index (κ1) is 20.5. The first-order valence-corrected chi connectivity index (χ1v) is 10.5. The first-order valence-electron chi connectivity index (χ1n) is 10.1. The molecule has 0 saturated heterocycles. The van der Waals surface area contributed by atoms with Gasteiger partial charge >= 0.3 is 0 Å². The molecule has 3 aromatic rings. The van der Waals surface area contributed by atoms with Gasteiger partial charge in [-0.2, -0.15) is 0 Å². The minimum Gasteiger partial charge on any atom is -0.367 e. The molecule has 1 fully saturated rings. The Bertz CT molecular complexity index is 1020. The smallest absolute Gasteiger partial charge is 0.128 e. The molecule has 1 saturated carbocycles. The molecule has 2 N–H and O–H groups in total. The molecule has 4 rings (SSSR count). The highest BCUT2D eigenvalue weighted by atomic mass is 35.5. The van der Waals surface area contributed by atoms with E-state index in [0.717, 1.165) is 41.9 Å². The average molecular weight is 429 g/mol. The predicted octanol–water partition coefficient (Wildman–Crippen LogP) is 6.43. The van der Waals surface area contributed by atoms with E-state index in [2.05, 4.69) is 20.6 Å². The molecule has 0 unspecified atom stereocenters. The Morgan fingerprint density at radius 1 is 0.967 bits per heavy atom. The van der Waals surface area contributed by atoms with Crippen molar-refractivity contribution in [3.8, 4) is 11.1 Å². The van der Waals surface area contributed by atoms with E-state index in [1.54, 1.807) is 12.4 Å². The summed E-state index contributed by atoms with van der Waals surface area (Å²) >= 11 is 6.41. The monoisotopic (exact) mass is 428 g/mol. The first-order chi connectivity index (χ1) is 14.6. The lowest BCUT2D eigenvalue weighted by molar-refractivity contribution is 0.462. The van der Waals surface area contributed by atoms with Crippen LogP contribution in [-0.2, 0) is 6.54 Å². The summed E-state index contributed by atoms with van der Waals surface area (Å²) in [5, 5.41) is 7.10. The Labute approximate surface area is 179 Å². The number of anilines is 2. The molecule has 2 aromatic heterocycles. The highest BCUT2D eigenvalue weighted by Gasteiger charge is 2.15. The van der Waals surface area contributed by atoms with E-state index >= 15 is 0 Å². The van der Waals surface area contributed by atoms with Gasteiger partial charge in [0.15, 0.2) is 0 Å². The van der Waals surface area contributed by atoms with Gasteiger partial charge < -0.3 is 10.6 Å². The molecule has 2 heterocycles. The summed E-state index contributed by atoms with van der Waals surface area (Å²) in [5.74, 6) is 0.410. The van der Waals surface area contributed by atoms with Crippen LogP contribution in [0.1, 0.15) is 37.7 Å². The molecule has 0 spiro atoms. The predicted molar refractivity (Wildman–Crippen MR) is 117 cm³/mol. The van der Waals surface area contributed by atoms with Crippen LogP contribution in [0, 0.1) is 11.6 Å². The number of hydrogen-bond donors (Lipinski definition) is 2. The quantitative estimate of drug-likeness (QED) is 0.474. The second-order valence-corrected chi connectivity index (χ2v) is 7.95. The molecule has 30 heavy (non-hydrogen) atoms. The zero-order valence-electron chi connectivity index (χ0n) is 16.5. The largest absolute Gasteiger partial charge is 0.367 e. The van der Waals surface area contributed by atoms with Crippen LogP contribution in [0.2, 0.25) is 5.02 Å². The molecule has 1 aromatic carbocycles. The third-order valence-corrected chi connectivity index (χ3v) is 5.65. The molecule has 0 aliphatic heterocycles. The lowest BCUT2D eigenvalue weighted by Crippen LogP contribution is -2.22. The average Bonchev–Trinajstić information content (AvgIpc) is 2.77. The van der Waals surface area contributed by atoms with E-state index in [-0.39, 0.29) is 12.1 Å². The fraction of sp³-hybridized carbons (Fsp3) is 0.304. The Hall–Kier alpha value is -2.73. The molecule has 4 nitrogen and oxygen atoms in total. The van der Waals surface area contributed by atoms with Crippen molar-refractivity contribution in [3.05, 3.63) is 71.0 Å². The molecule has 0 atom stereocenters. The molecule has 0 bridgehead atoms. The summed E-state index contributed by atoms with van der Waals surface area (Å²) in [5.41, 5.74) is 1.95. The van der Waals surface area contributed by atoms with E-state index in [1.165, 1.54) is 25.3 Å². The summed E-state index contributed by atoms with van der Waals surface area (Å²) in [4.78, 5) is 8.70. The maximum absolute atomic E-state index is 13.8. The maximum atomic E-state index is 13.8. The third-order valence-electron chi connectivity index (χ3n) is 5.35. The van der Waals surface area contributed by atoms with Crippen molar-refractivity contribution in [1.29, 1.82) is 0 Å². The van der Waals surface area contributed by atoms with Crippen LogP contribution in [0.15, 0.2) is 48.8 Å². The molecule has 1 aliphatic carbocycles. The summed E-state index contributed by atoms with van der Waals surface area (Å²) in [6, 6.07) is 9.48. The molecule has 0 radical (unpaired) electrons. The summed E-state index contributed by atoms with van der Waals surface area (Å²) in [6.45, 7) is 0.124. The number of pyridine rings is 2. The van der Waals surface area contributed by atoms with Gasteiger partial charge in [0.2, 0.25) is 0 Å². The van der Waals surface area contributed by atoms with Gasteiger partial charge in [-0.25, -0.2) is 18.7 Å². The van der Waals surface area contributed by atoms with E-state index in [0.29, 0.717) is 16.9 Å². The zero-order chi connectivity index (χ0) is 20.9. The summed E-state index contributed by atoms with van der Waals surface area (Å²) < 4.78 is 27.2. The van der Waals surface area contributed by atoms with Gasteiger partial charge in [-0.05, 0) is 54.8 Å².